The first-order chi connectivity index (χ1) is 13.8. The second kappa shape index (κ2) is 10.6. The van der Waals surface area contributed by atoms with E-state index in [0.717, 1.165) is 5.56 Å². The molecule has 1 saturated heterocycles. The van der Waals surface area contributed by atoms with Crippen molar-refractivity contribution in [3.8, 4) is 0 Å². The van der Waals surface area contributed by atoms with E-state index in [2.05, 4.69) is 5.32 Å². The first-order valence-electron chi connectivity index (χ1n) is 9.64. The number of carbonyl (C=O) groups is 4. The average molecular weight is 405 g/mol. The van der Waals surface area contributed by atoms with Gasteiger partial charge in [0.1, 0.15) is 12.1 Å². The minimum atomic E-state index is -1.13. The van der Waals surface area contributed by atoms with Gasteiger partial charge in [-0.15, -0.1) is 0 Å². The Morgan fingerprint density at radius 3 is 2.45 bits per heavy atom. The molecule has 9 nitrogen and oxygen atoms in total. The monoisotopic (exact) mass is 405 g/mol. The Morgan fingerprint density at radius 2 is 1.83 bits per heavy atom. The van der Waals surface area contributed by atoms with Crippen LogP contribution in [0.1, 0.15) is 37.7 Å². The summed E-state index contributed by atoms with van der Waals surface area (Å²) in [5.74, 6) is -3.20. The molecule has 1 aromatic rings. The van der Waals surface area contributed by atoms with Crippen LogP contribution in [0.3, 0.4) is 0 Å². The van der Waals surface area contributed by atoms with Crippen molar-refractivity contribution in [2.75, 3.05) is 6.54 Å². The SMILES string of the molecule is N[C@@H](CCC(=O)NC(CCc1ccccc1)C(=O)O)C(=O)N1CCC[C@H]1C(=O)O. The lowest BCUT2D eigenvalue weighted by atomic mass is 10.0. The van der Waals surface area contributed by atoms with E-state index in [9.17, 15) is 24.3 Å². The van der Waals surface area contributed by atoms with Crippen molar-refractivity contribution < 1.29 is 29.4 Å². The highest BCUT2D eigenvalue weighted by Crippen LogP contribution is 2.19. The third-order valence-corrected chi connectivity index (χ3v) is 5.02. The van der Waals surface area contributed by atoms with E-state index in [1.54, 1.807) is 0 Å². The molecule has 0 bridgehead atoms. The fourth-order valence-corrected chi connectivity index (χ4v) is 3.39. The molecule has 1 heterocycles. The lowest BCUT2D eigenvalue weighted by molar-refractivity contribution is -0.148. The highest BCUT2D eigenvalue weighted by atomic mass is 16.4. The first kappa shape index (κ1) is 22.4. The van der Waals surface area contributed by atoms with Crippen molar-refractivity contribution in [3.63, 3.8) is 0 Å². The number of rotatable bonds is 10. The number of hydrogen-bond donors (Lipinski definition) is 4. The summed E-state index contributed by atoms with van der Waals surface area (Å²) in [6, 6.07) is 6.43. The van der Waals surface area contributed by atoms with Crippen molar-refractivity contribution in [1.82, 2.24) is 10.2 Å². The lowest BCUT2D eigenvalue weighted by Crippen LogP contribution is -2.49. The number of nitrogens with one attached hydrogen (secondary N) is 1. The normalized spacial score (nSPS) is 18.1. The van der Waals surface area contributed by atoms with Crippen LogP contribution in [0.4, 0.5) is 0 Å². The number of nitrogens with two attached hydrogens (primary N) is 1. The second-order valence-electron chi connectivity index (χ2n) is 7.16. The number of aryl methyl sites for hydroxylation is 1. The van der Waals surface area contributed by atoms with Crippen molar-refractivity contribution in [3.05, 3.63) is 35.9 Å². The Bertz CT molecular complexity index is 739. The third kappa shape index (κ3) is 6.56. The molecular weight excluding hydrogens is 378 g/mol. The predicted molar refractivity (Wildman–Crippen MR) is 104 cm³/mol. The van der Waals surface area contributed by atoms with E-state index >= 15 is 0 Å². The lowest BCUT2D eigenvalue weighted by Gasteiger charge is -2.24. The summed E-state index contributed by atoms with van der Waals surface area (Å²) >= 11 is 0. The van der Waals surface area contributed by atoms with Gasteiger partial charge in [-0.25, -0.2) is 9.59 Å². The number of hydrogen-bond acceptors (Lipinski definition) is 5. The molecule has 2 rings (SSSR count). The van der Waals surface area contributed by atoms with Gasteiger partial charge in [-0.1, -0.05) is 30.3 Å². The van der Waals surface area contributed by atoms with Gasteiger partial charge >= 0.3 is 11.9 Å². The van der Waals surface area contributed by atoms with Gasteiger partial charge in [0, 0.05) is 13.0 Å². The van der Waals surface area contributed by atoms with Crippen molar-refractivity contribution in [1.29, 1.82) is 0 Å². The maximum Gasteiger partial charge on any atom is 0.326 e. The molecule has 3 atom stereocenters. The molecule has 0 spiro atoms. The smallest absolute Gasteiger partial charge is 0.326 e. The molecule has 0 saturated carbocycles. The molecular formula is C20H27N3O6. The molecule has 1 aliphatic heterocycles. The maximum atomic E-state index is 12.4. The summed E-state index contributed by atoms with van der Waals surface area (Å²) in [4.78, 5) is 48.4. The van der Waals surface area contributed by atoms with Crippen LogP contribution < -0.4 is 11.1 Å². The minimum absolute atomic E-state index is 0.0124. The van der Waals surface area contributed by atoms with Gasteiger partial charge in [-0.2, -0.15) is 0 Å². The van der Waals surface area contributed by atoms with Gasteiger partial charge in [-0.3, -0.25) is 9.59 Å². The Morgan fingerprint density at radius 1 is 1.14 bits per heavy atom. The molecule has 1 fully saturated rings. The van der Waals surface area contributed by atoms with Gasteiger partial charge in [-0.05, 0) is 37.7 Å². The van der Waals surface area contributed by atoms with Crippen LogP contribution in [0.25, 0.3) is 0 Å². The molecule has 0 aliphatic carbocycles. The predicted octanol–water partition coefficient (Wildman–Crippen LogP) is 0.372. The molecule has 0 radical (unpaired) electrons. The Labute approximate surface area is 168 Å². The molecule has 1 aliphatic rings. The summed E-state index contributed by atoms with van der Waals surface area (Å²) in [6.07, 6.45) is 1.62. The Balaban J connectivity index is 1.81. The number of carbonyl (C=O) groups excluding carboxylic acids is 2. The number of aliphatic carboxylic acids is 2. The third-order valence-electron chi connectivity index (χ3n) is 5.02. The van der Waals surface area contributed by atoms with Crippen LogP contribution in [0.15, 0.2) is 30.3 Å². The zero-order valence-corrected chi connectivity index (χ0v) is 16.1. The van der Waals surface area contributed by atoms with E-state index in [1.165, 1.54) is 4.90 Å². The summed E-state index contributed by atoms with van der Waals surface area (Å²) in [7, 11) is 0. The van der Waals surface area contributed by atoms with Gasteiger partial charge < -0.3 is 26.2 Å². The number of carboxylic acid groups (broad SMARTS) is 2. The molecule has 29 heavy (non-hydrogen) atoms. The highest BCUT2D eigenvalue weighted by molar-refractivity contribution is 5.88. The molecule has 0 aromatic heterocycles. The number of nitrogens with zero attached hydrogens (tertiary/aromatic N) is 1. The summed E-state index contributed by atoms with van der Waals surface area (Å²) in [5.41, 5.74) is 6.82. The zero-order valence-electron chi connectivity index (χ0n) is 16.1. The molecule has 5 N–H and O–H groups in total. The Hall–Kier alpha value is -2.94. The molecule has 9 heteroatoms. The van der Waals surface area contributed by atoms with Crippen LogP contribution in [-0.2, 0) is 25.6 Å². The Kier molecular flexibility index (Phi) is 8.14. The van der Waals surface area contributed by atoms with E-state index in [1.807, 2.05) is 30.3 Å². The molecule has 158 valence electrons. The number of likely N-dealkylation sites (tertiary alicyclic amines) is 1. The number of carboxylic acids is 2. The quantitative estimate of drug-likeness (QED) is 0.439. The van der Waals surface area contributed by atoms with E-state index in [0.29, 0.717) is 25.8 Å². The second-order valence-corrected chi connectivity index (χ2v) is 7.16. The highest BCUT2D eigenvalue weighted by Gasteiger charge is 2.36. The fraction of sp³-hybridized carbons (Fsp3) is 0.500. The summed E-state index contributed by atoms with van der Waals surface area (Å²) < 4.78 is 0. The minimum Gasteiger partial charge on any atom is -0.480 e. The fourth-order valence-electron chi connectivity index (χ4n) is 3.39. The van der Waals surface area contributed by atoms with Gasteiger partial charge in [0.15, 0.2) is 0 Å². The molecule has 2 amide bonds. The molecule has 1 unspecified atom stereocenters. The van der Waals surface area contributed by atoms with E-state index < -0.39 is 41.9 Å². The number of amides is 2. The van der Waals surface area contributed by atoms with Crippen LogP contribution >= 0.6 is 0 Å². The summed E-state index contributed by atoms with van der Waals surface area (Å²) in [5, 5.41) is 21.0. The van der Waals surface area contributed by atoms with Gasteiger partial charge in [0.05, 0.1) is 6.04 Å². The van der Waals surface area contributed by atoms with Crippen LogP contribution in [0, 0.1) is 0 Å². The van der Waals surface area contributed by atoms with Gasteiger partial charge in [0.25, 0.3) is 0 Å². The summed E-state index contributed by atoms with van der Waals surface area (Å²) in [6.45, 7) is 0.330. The van der Waals surface area contributed by atoms with Crippen molar-refractivity contribution in [2.45, 2.75) is 56.7 Å². The van der Waals surface area contributed by atoms with Crippen LogP contribution in [0.5, 0.6) is 0 Å². The standard InChI is InChI=1S/C20H27N3O6/c21-14(18(25)23-12-4-7-16(23)20(28)29)9-11-17(24)22-15(19(26)27)10-8-13-5-2-1-3-6-13/h1-3,5-6,14-16H,4,7-12,21H2,(H,22,24)(H,26,27)(H,28,29)/t14-,15?,16-/m0/s1. The van der Waals surface area contributed by atoms with E-state index in [4.69, 9.17) is 10.8 Å². The van der Waals surface area contributed by atoms with Crippen molar-refractivity contribution in [2.24, 2.45) is 5.73 Å². The first-order valence-corrected chi connectivity index (χ1v) is 9.64. The van der Waals surface area contributed by atoms with Gasteiger partial charge in [0.2, 0.25) is 11.8 Å². The topological polar surface area (TPSA) is 150 Å². The van der Waals surface area contributed by atoms with E-state index in [-0.39, 0.29) is 19.3 Å². The molecule has 1 aromatic carbocycles. The largest absolute Gasteiger partial charge is 0.480 e. The van der Waals surface area contributed by atoms with Crippen LogP contribution in [0.2, 0.25) is 0 Å². The number of benzene rings is 1. The maximum absolute atomic E-state index is 12.4. The average Bonchev–Trinajstić information content (AvgIpc) is 3.19. The van der Waals surface area contributed by atoms with Crippen LogP contribution in [-0.4, -0.2) is 63.5 Å². The van der Waals surface area contributed by atoms with Crippen molar-refractivity contribution >= 4 is 23.8 Å². The zero-order chi connectivity index (χ0) is 21.4.